The maximum atomic E-state index is 12.8. The van der Waals surface area contributed by atoms with Gasteiger partial charge in [-0.25, -0.2) is 8.42 Å². The van der Waals surface area contributed by atoms with Gasteiger partial charge in [-0.1, -0.05) is 12.1 Å². The van der Waals surface area contributed by atoms with Crippen molar-refractivity contribution in [2.75, 3.05) is 16.6 Å². The number of hydrogen-bond donors (Lipinski definition) is 4. The third-order valence-electron chi connectivity index (χ3n) is 5.84. The smallest absolute Gasteiger partial charge is 0.261 e. The van der Waals surface area contributed by atoms with Crippen LogP contribution in [-0.2, 0) is 14.8 Å². The largest absolute Gasteiger partial charge is 0.337 e. The van der Waals surface area contributed by atoms with E-state index in [4.69, 9.17) is 16.0 Å². The van der Waals surface area contributed by atoms with Gasteiger partial charge in [0.2, 0.25) is 17.6 Å². The highest BCUT2D eigenvalue weighted by molar-refractivity contribution is 7.92. The minimum absolute atomic E-state index is 0.0211. The Bertz CT molecular complexity index is 1250. The number of carbonyl (C=O) groups excluding carboxylic acids is 1. The second-order valence-corrected chi connectivity index (χ2v) is 10.4. The average Bonchev–Trinajstić information content (AvgIpc) is 3.39. The van der Waals surface area contributed by atoms with E-state index in [9.17, 15) is 13.2 Å². The third-order valence-corrected chi connectivity index (χ3v) is 7.24. The summed E-state index contributed by atoms with van der Waals surface area (Å²) >= 11 is 0. The molecule has 6 N–H and O–H groups in total. The minimum atomic E-state index is -3.81. The van der Waals surface area contributed by atoms with Crippen molar-refractivity contribution in [3.63, 3.8) is 0 Å². The number of sulfonamides is 1. The van der Waals surface area contributed by atoms with Gasteiger partial charge in [0.15, 0.2) is 0 Å². The molecule has 1 fully saturated rings. The molecule has 0 aliphatic heterocycles. The first-order chi connectivity index (χ1) is 16.2. The molecule has 4 rings (SSSR count). The first-order valence-electron chi connectivity index (χ1n) is 11.0. The molecule has 2 aromatic carbocycles. The van der Waals surface area contributed by atoms with Crippen molar-refractivity contribution in [2.45, 2.75) is 43.5 Å². The lowest BCUT2D eigenvalue weighted by atomic mass is 10.1. The maximum absolute atomic E-state index is 12.8. The molecule has 0 spiro atoms. The van der Waals surface area contributed by atoms with Gasteiger partial charge in [-0.15, -0.1) is 0 Å². The first kappa shape index (κ1) is 23.9. The van der Waals surface area contributed by atoms with Gasteiger partial charge in [0.25, 0.3) is 10.0 Å². The zero-order chi connectivity index (χ0) is 24.3. The van der Waals surface area contributed by atoms with Crippen molar-refractivity contribution < 1.29 is 17.7 Å². The molecule has 34 heavy (non-hydrogen) atoms. The van der Waals surface area contributed by atoms with Crippen molar-refractivity contribution >= 4 is 27.3 Å². The Labute approximate surface area is 198 Å². The lowest BCUT2D eigenvalue weighted by molar-refractivity contribution is -0.120. The number of benzene rings is 2. The van der Waals surface area contributed by atoms with E-state index in [-0.39, 0.29) is 16.2 Å². The van der Waals surface area contributed by atoms with Crippen LogP contribution in [0, 0.1) is 5.41 Å². The Morgan fingerprint density at radius 1 is 1.12 bits per heavy atom. The van der Waals surface area contributed by atoms with Crippen molar-refractivity contribution in [3.8, 4) is 11.4 Å². The van der Waals surface area contributed by atoms with Crippen molar-refractivity contribution in [1.29, 1.82) is 0 Å². The Morgan fingerprint density at radius 2 is 1.76 bits per heavy atom. The van der Waals surface area contributed by atoms with E-state index in [0.29, 0.717) is 41.6 Å². The molecule has 0 radical (unpaired) electrons. The number of nitrogens with zero attached hydrogens (tertiary/aromatic N) is 2. The summed E-state index contributed by atoms with van der Waals surface area (Å²) in [7, 11) is -3.81. The van der Waals surface area contributed by atoms with Gasteiger partial charge < -0.3 is 21.3 Å². The molecule has 1 aliphatic rings. The van der Waals surface area contributed by atoms with E-state index in [1.54, 1.807) is 36.4 Å². The van der Waals surface area contributed by atoms with Crippen LogP contribution in [0.4, 0.5) is 11.4 Å². The Kier molecular flexibility index (Phi) is 6.69. The van der Waals surface area contributed by atoms with Crippen LogP contribution in [-0.4, -0.2) is 31.0 Å². The van der Waals surface area contributed by atoms with Crippen LogP contribution >= 0.6 is 0 Å². The molecule has 0 bridgehead atoms. The molecule has 10 nitrogen and oxygen atoms in total. The SMILES string of the molecule is CC1(C(=O)Nc2ccc(NS(=O)(=O)c3ccc(-c4noc(C(N)CCCN)n4)cc3)cc2)CC1. The van der Waals surface area contributed by atoms with Gasteiger partial charge in [-0.3, -0.25) is 9.52 Å². The molecule has 1 unspecified atom stereocenters. The van der Waals surface area contributed by atoms with Gasteiger partial charge >= 0.3 is 0 Å². The Balaban J connectivity index is 1.40. The third kappa shape index (κ3) is 5.44. The zero-order valence-electron chi connectivity index (χ0n) is 18.8. The summed E-state index contributed by atoms with van der Waals surface area (Å²) in [5.41, 5.74) is 12.8. The zero-order valence-corrected chi connectivity index (χ0v) is 19.6. The standard InChI is InChI=1S/C23H28N6O4S/c1-23(12-13-23)22(30)26-16-6-8-17(9-7-16)29-34(31,32)18-10-4-15(5-11-18)20-27-21(33-28-20)19(25)3-2-14-24/h4-11,19,29H,2-3,12-14,24-25H2,1H3,(H,26,30). The summed E-state index contributed by atoms with van der Waals surface area (Å²) in [4.78, 5) is 16.5. The van der Waals surface area contributed by atoms with Crippen LogP contribution in [0.25, 0.3) is 11.4 Å². The number of carbonyl (C=O) groups is 1. The summed E-state index contributed by atoms with van der Waals surface area (Å²) in [6, 6.07) is 12.3. The minimum Gasteiger partial charge on any atom is -0.337 e. The van der Waals surface area contributed by atoms with Crippen LogP contribution in [0.1, 0.15) is 44.5 Å². The Hall–Kier alpha value is -3.28. The van der Waals surface area contributed by atoms with Crippen molar-refractivity contribution in [1.82, 2.24) is 10.1 Å². The molecule has 180 valence electrons. The van der Waals surface area contributed by atoms with E-state index < -0.39 is 16.1 Å². The molecule has 1 amide bonds. The van der Waals surface area contributed by atoms with Gasteiger partial charge in [-0.05, 0) is 80.8 Å². The summed E-state index contributed by atoms with van der Waals surface area (Å²) in [5, 5.41) is 6.79. The van der Waals surface area contributed by atoms with Crippen LogP contribution in [0.5, 0.6) is 0 Å². The second-order valence-electron chi connectivity index (χ2n) is 8.72. The van der Waals surface area contributed by atoms with Crippen LogP contribution < -0.4 is 21.5 Å². The van der Waals surface area contributed by atoms with E-state index in [1.165, 1.54) is 12.1 Å². The Morgan fingerprint density at radius 3 is 2.38 bits per heavy atom. The fourth-order valence-electron chi connectivity index (χ4n) is 3.28. The molecule has 1 saturated carbocycles. The number of amides is 1. The molecule has 0 saturated heterocycles. The van der Waals surface area contributed by atoms with Crippen molar-refractivity contribution in [3.05, 3.63) is 54.4 Å². The lowest BCUT2D eigenvalue weighted by Crippen LogP contribution is -2.21. The first-order valence-corrected chi connectivity index (χ1v) is 12.5. The fraction of sp³-hybridized carbons (Fsp3) is 0.348. The van der Waals surface area contributed by atoms with Gasteiger partial charge in [0.05, 0.1) is 10.9 Å². The lowest BCUT2D eigenvalue weighted by Gasteiger charge is -2.12. The molecule has 1 aromatic heterocycles. The van der Waals surface area contributed by atoms with E-state index in [2.05, 4.69) is 20.2 Å². The summed E-state index contributed by atoms with van der Waals surface area (Å²) in [6.45, 7) is 2.45. The predicted molar refractivity (Wildman–Crippen MR) is 128 cm³/mol. The topological polar surface area (TPSA) is 166 Å². The average molecular weight is 485 g/mol. The fourth-order valence-corrected chi connectivity index (χ4v) is 4.34. The van der Waals surface area contributed by atoms with E-state index in [1.807, 2.05) is 6.92 Å². The summed E-state index contributed by atoms with van der Waals surface area (Å²) in [6.07, 6.45) is 3.14. The molecule has 11 heteroatoms. The molecule has 3 aromatic rings. The predicted octanol–water partition coefficient (Wildman–Crippen LogP) is 3.01. The monoisotopic (exact) mass is 484 g/mol. The molecule has 1 heterocycles. The number of nitrogens with two attached hydrogens (primary N) is 2. The number of aromatic nitrogens is 2. The number of hydrogen-bond acceptors (Lipinski definition) is 8. The van der Waals surface area contributed by atoms with E-state index in [0.717, 1.165) is 19.3 Å². The van der Waals surface area contributed by atoms with Crippen LogP contribution in [0.3, 0.4) is 0 Å². The molecular formula is C23H28N6O4S. The molecule has 1 atom stereocenters. The van der Waals surface area contributed by atoms with Crippen LogP contribution in [0.2, 0.25) is 0 Å². The second kappa shape index (κ2) is 9.53. The quantitative estimate of drug-likeness (QED) is 0.341. The number of rotatable bonds is 10. The van der Waals surface area contributed by atoms with Gasteiger partial charge in [0.1, 0.15) is 0 Å². The van der Waals surface area contributed by atoms with Crippen molar-refractivity contribution in [2.24, 2.45) is 16.9 Å². The highest BCUT2D eigenvalue weighted by Gasteiger charge is 2.44. The molecule has 1 aliphatic carbocycles. The summed E-state index contributed by atoms with van der Waals surface area (Å²) < 4.78 is 33.3. The van der Waals surface area contributed by atoms with Gasteiger partial charge in [0, 0.05) is 22.4 Å². The highest BCUT2D eigenvalue weighted by atomic mass is 32.2. The van der Waals surface area contributed by atoms with E-state index >= 15 is 0 Å². The highest BCUT2D eigenvalue weighted by Crippen LogP contribution is 2.45. The molecular weight excluding hydrogens is 456 g/mol. The van der Waals surface area contributed by atoms with Gasteiger partial charge in [-0.2, -0.15) is 4.98 Å². The number of anilines is 2. The normalized spacial score (nSPS) is 15.5. The van der Waals surface area contributed by atoms with Crippen LogP contribution in [0.15, 0.2) is 57.9 Å². The number of nitrogens with one attached hydrogen (secondary N) is 2. The summed E-state index contributed by atoms with van der Waals surface area (Å²) in [5.74, 6) is 0.618. The maximum Gasteiger partial charge on any atom is 0.261 e.